The molecule has 2 nitrogen and oxygen atoms in total. The van der Waals surface area contributed by atoms with Crippen LogP contribution in [-0.4, -0.2) is 11.1 Å². The van der Waals surface area contributed by atoms with Crippen LogP contribution in [0.25, 0.3) is 0 Å². The molecule has 84 valence electrons. The minimum atomic E-state index is -0.871. The van der Waals surface area contributed by atoms with Gasteiger partial charge < -0.3 is 5.11 Å². The highest BCUT2D eigenvalue weighted by Gasteiger charge is 1.87. The monoisotopic (exact) mass is 216 g/mol. The van der Waals surface area contributed by atoms with Crippen LogP contribution in [0, 0.1) is 35.5 Å². The van der Waals surface area contributed by atoms with E-state index in [9.17, 15) is 4.79 Å². The molecule has 0 unspecified atom stereocenters. The van der Waals surface area contributed by atoms with E-state index in [0.29, 0.717) is 0 Å². The molecule has 16 heavy (non-hydrogen) atoms. The molecule has 0 spiro atoms. The van der Waals surface area contributed by atoms with Crippen LogP contribution in [0.2, 0.25) is 0 Å². The van der Waals surface area contributed by atoms with Gasteiger partial charge in [0.2, 0.25) is 0 Å². The summed E-state index contributed by atoms with van der Waals surface area (Å²) in [6.45, 7) is 1.82. The number of aliphatic carboxylic acids is 1. The van der Waals surface area contributed by atoms with Crippen molar-refractivity contribution in [3.63, 3.8) is 0 Å². The Bertz CT molecular complexity index is 374. The SMILES string of the molecule is CC#CCCC#CCCCC#CCC(=O)O. The fourth-order valence-corrected chi connectivity index (χ4v) is 0.918. The van der Waals surface area contributed by atoms with E-state index >= 15 is 0 Å². The quantitative estimate of drug-likeness (QED) is 0.579. The first-order valence-electron chi connectivity index (χ1n) is 5.30. The van der Waals surface area contributed by atoms with Crippen LogP contribution in [0.5, 0.6) is 0 Å². The van der Waals surface area contributed by atoms with E-state index in [4.69, 9.17) is 5.11 Å². The third kappa shape index (κ3) is 12.2. The number of carboxylic acid groups (broad SMARTS) is 1. The molecule has 0 aliphatic carbocycles. The van der Waals surface area contributed by atoms with Gasteiger partial charge in [0.15, 0.2) is 0 Å². The normalized spacial score (nSPS) is 7.56. The number of unbranched alkanes of at least 4 members (excludes halogenated alkanes) is 3. The van der Waals surface area contributed by atoms with Crippen molar-refractivity contribution in [3.05, 3.63) is 0 Å². The van der Waals surface area contributed by atoms with Gasteiger partial charge in [0, 0.05) is 25.7 Å². The molecule has 0 aliphatic heterocycles. The molecule has 0 saturated heterocycles. The fraction of sp³-hybridized carbons (Fsp3) is 0.500. The Labute approximate surface area is 97.4 Å². The summed E-state index contributed by atoms with van der Waals surface area (Å²) >= 11 is 0. The van der Waals surface area contributed by atoms with Gasteiger partial charge in [0.1, 0.15) is 6.42 Å². The van der Waals surface area contributed by atoms with Gasteiger partial charge in [-0.15, -0.1) is 29.6 Å². The molecule has 2 heteroatoms. The van der Waals surface area contributed by atoms with Crippen LogP contribution in [0.1, 0.15) is 45.4 Å². The van der Waals surface area contributed by atoms with Crippen molar-refractivity contribution in [2.24, 2.45) is 0 Å². The van der Waals surface area contributed by atoms with E-state index in [1.807, 2.05) is 6.92 Å². The van der Waals surface area contributed by atoms with Crippen molar-refractivity contribution in [2.45, 2.75) is 45.4 Å². The Morgan fingerprint density at radius 3 is 2.12 bits per heavy atom. The topological polar surface area (TPSA) is 37.3 Å². The maximum absolute atomic E-state index is 10.1. The number of rotatable bonds is 4. The van der Waals surface area contributed by atoms with Gasteiger partial charge in [-0.05, 0) is 13.3 Å². The first kappa shape index (κ1) is 14.2. The molecule has 0 fully saturated rings. The van der Waals surface area contributed by atoms with E-state index < -0.39 is 5.97 Å². The summed E-state index contributed by atoms with van der Waals surface area (Å²) in [5, 5.41) is 8.32. The molecule has 0 saturated carbocycles. The number of hydrogen-bond acceptors (Lipinski definition) is 1. The lowest BCUT2D eigenvalue weighted by molar-refractivity contribution is -0.135. The number of carbonyl (C=O) groups is 1. The third-order valence-electron chi connectivity index (χ3n) is 1.64. The molecule has 0 rings (SSSR count). The zero-order valence-electron chi connectivity index (χ0n) is 9.60. The average molecular weight is 216 g/mol. The fourth-order valence-electron chi connectivity index (χ4n) is 0.918. The molecular weight excluding hydrogens is 200 g/mol. The molecule has 0 aromatic heterocycles. The lowest BCUT2D eigenvalue weighted by Gasteiger charge is -1.85. The van der Waals surface area contributed by atoms with Crippen LogP contribution < -0.4 is 0 Å². The van der Waals surface area contributed by atoms with E-state index in [2.05, 4.69) is 35.5 Å². The Morgan fingerprint density at radius 1 is 0.938 bits per heavy atom. The van der Waals surface area contributed by atoms with Crippen molar-refractivity contribution in [3.8, 4) is 35.5 Å². The summed E-state index contributed by atoms with van der Waals surface area (Å²) in [5.74, 6) is 16.4. The summed E-state index contributed by atoms with van der Waals surface area (Å²) in [5.41, 5.74) is 0. The summed E-state index contributed by atoms with van der Waals surface area (Å²) in [7, 11) is 0. The van der Waals surface area contributed by atoms with E-state index in [1.54, 1.807) is 0 Å². The van der Waals surface area contributed by atoms with Gasteiger partial charge >= 0.3 is 5.97 Å². The zero-order chi connectivity index (χ0) is 12.1. The first-order valence-corrected chi connectivity index (χ1v) is 5.30. The first-order chi connectivity index (χ1) is 7.77. The molecule has 0 amide bonds. The average Bonchev–Trinajstić information content (AvgIpc) is 2.25. The Balaban J connectivity index is 3.39. The summed E-state index contributed by atoms with van der Waals surface area (Å²) in [6, 6.07) is 0. The minimum Gasteiger partial charge on any atom is -0.481 e. The van der Waals surface area contributed by atoms with E-state index in [1.165, 1.54) is 0 Å². The highest BCUT2D eigenvalue weighted by Crippen LogP contribution is 1.93. The van der Waals surface area contributed by atoms with E-state index in [0.717, 1.165) is 32.1 Å². The summed E-state index contributed by atoms with van der Waals surface area (Å²) < 4.78 is 0. The van der Waals surface area contributed by atoms with Crippen molar-refractivity contribution >= 4 is 5.97 Å². The van der Waals surface area contributed by atoms with Crippen molar-refractivity contribution in [1.82, 2.24) is 0 Å². The molecule has 0 aliphatic rings. The van der Waals surface area contributed by atoms with Crippen molar-refractivity contribution < 1.29 is 9.90 Å². The minimum absolute atomic E-state index is 0.0681. The molecule has 0 aromatic rings. The van der Waals surface area contributed by atoms with Gasteiger partial charge in [0.25, 0.3) is 0 Å². The Morgan fingerprint density at radius 2 is 1.50 bits per heavy atom. The molecule has 0 bridgehead atoms. The smallest absolute Gasteiger partial charge is 0.315 e. The van der Waals surface area contributed by atoms with Crippen molar-refractivity contribution in [2.75, 3.05) is 0 Å². The molecule has 0 heterocycles. The van der Waals surface area contributed by atoms with Crippen LogP contribution >= 0.6 is 0 Å². The summed E-state index contributed by atoms with van der Waals surface area (Å²) in [6.07, 6.45) is 4.03. The molecule has 1 N–H and O–H groups in total. The van der Waals surface area contributed by atoms with Crippen molar-refractivity contribution in [1.29, 1.82) is 0 Å². The number of carboxylic acids is 1. The molecule has 0 aromatic carbocycles. The molecular formula is C14H16O2. The molecule has 0 atom stereocenters. The predicted molar refractivity (Wildman–Crippen MR) is 64.3 cm³/mol. The molecule has 0 radical (unpaired) electrons. The van der Waals surface area contributed by atoms with Crippen LogP contribution in [0.4, 0.5) is 0 Å². The van der Waals surface area contributed by atoms with Crippen LogP contribution in [0.15, 0.2) is 0 Å². The summed E-state index contributed by atoms with van der Waals surface area (Å²) in [4.78, 5) is 10.1. The Kier molecular flexibility index (Phi) is 9.93. The predicted octanol–water partition coefficient (Wildman–Crippen LogP) is 2.44. The highest BCUT2D eigenvalue weighted by molar-refractivity contribution is 5.69. The second-order valence-corrected chi connectivity index (χ2v) is 3.06. The second-order valence-electron chi connectivity index (χ2n) is 3.06. The zero-order valence-corrected chi connectivity index (χ0v) is 9.60. The lowest BCUT2D eigenvalue weighted by Crippen LogP contribution is -1.89. The van der Waals surface area contributed by atoms with Gasteiger partial charge in [0.05, 0.1) is 0 Å². The highest BCUT2D eigenvalue weighted by atomic mass is 16.4. The van der Waals surface area contributed by atoms with Gasteiger partial charge in [-0.2, -0.15) is 0 Å². The van der Waals surface area contributed by atoms with E-state index in [-0.39, 0.29) is 6.42 Å². The second kappa shape index (κ2) is 11.2. The third-order valence-corrected chi connectivity index (χ3v) is 1.64. The van der Waals surface area contributed by atoms with Crippen LogP contribution in [-0.2, 0) is 4.79 Å². The Hall–Kier alpha value is -1.85. The van der Waals surface area contributed by atoms with Gasteiger partial charge in [-0.25, -0.2) is 0 Å². The van der Waals surface area contributed by atoms with Crippen LogP contribution in [0.3, 0.4) is 0 Å². The lowest BCUT2D eigenvalue weighted by atomic mass is 10.2. The maximum Gasteiger partial charge on any atom is 0.315 e. The van der Waals surface area contributed by atoms with Gasteiger partial charge in [-0.3, -0.25) is 4.79 Å². The largest absolute Gasteiger partial charge is 0.481 e. The van der Waals surface area contributed by atoms with Gasteiger partial charge in [-0.1, -0.05) is 5.92 Å². The number of hydrogen-bond donors (Lipinski definition) is 1. The maximum atomic E-state index is 10.1. The standard InChI is InChI=1S/C14H16O2/c1-2-3-4-5-6-7-8-9-10-11-12-13-14(15)16/h4-5,8-10,13H2,1H3,(H,15,16).